The molecule has 2 aromatic carbocycles. The highest BCUT2D eigenvalue weighted by molar-refractivity contribution is 8.18. The number of hydrogen-bond donors (Lipinski definition) is 1. The van der Waals surface area contributed by atoms with Gasteiger partial charge in [0.05, 0.1) is 4.91 Å². The van der Waals surface area contributed by atoms with Gasteiger partial charge in [-0.2, -0.15) is 5.26 Å². The van der Waals surface area contributed by atoms with Gasteiger partial charge in [-0.1, -0.05) is 30.3 Å². The maximum atomic E-state index is 12.5. The molecule has 1 heterocycles. The van der Waals surface area contributed by atoms with Gasteiger partial charge in [0.2, 0.25) is 5.91 Å². The van der Waals surface area contributed by atoms with Crippen LogP contribution in [0.1, 0.15) is 5.56 Å². The Balaban J connectivity index is 1.65. The number of rotatable bonds is 6. The van der Waals surface area contributed by atoms with E-state index in [1.165, 1.54) is 0 Å². The summed E-state index contributed by atoms with van der Waals surface area (Å²) in [6.45, 7) is -0.402. The van der Waals surface area contributed by atoms with E-state index in [1.54, 1.807) is 54.6 Å². The molecule has 8 heteroatoms. The van der Waals surface area contributed by atoms with Gasteiger partial charge in [-0.3, -0.25) is 19.3 Å². The van der Waals surface area contributed by atoms with Crippen LogP contribution in [0.2, 0.25) is 0 Å². The van der Waals surface area contributed by atoms with E-state index in [-0.39, 0.29) is 18.1 Å². The van der Waals surface area contributed by atoms with Crippen molar-refractivity contribution in [3.8, 4) is 11.8 Å². The molecule has 2 aromatic rings. The predicted molar refractivity (Wildman–Crippen MR) is 105 cm³/mol. The first-order valence-corrected chi connectivity index (χ1v) is 9.08. The molecule has 28 heavy (non-hydrogen) atoms. The third-order valence-electron chi connectivity index (χ3n) is 3.71. The van der Waals surface area contributed by atoms with E-state index in [2.05, 4.69) is 5.32 Å². The van der Waals surface area contributed by atoms with Crippen molar-refractivity contribution in [3.63, 3.8) is 0 Å². The van der Waals surface area contributed by atoms with Crippen LogP contribution in [-0.2, 0) is 9.59 Å². The lowest BCUT2D eigenvalue weighted by molar-refractivity contribution is -0.127. The van der Waals surface area contributed by atoms with Crippen LogP contribution in [0.4, 0.5) is 10.5 Å². The van der Waals surface area contributed by atoms with E-state index in [9.17, 15) is 14.4 Å². The van der Waals surface area contributed by atoms with Crippen LogP contribution in [0.5, 0.6) is 5.75 Å². The van der Waals surface area contributed by atoms with Crippen LogP contribution in [0.3, 0.4) is 0 Å². The summed E-state index contributed by atoms with van der Waals surface area (Å²) in [5.74, 6) is -0.429. The highest BCUT2D eigenvalue weighted by atomic mass is 32.2. The molecule has 0 spiro atoms. The van der Waals surface area contributed by atoms with E-state index in [0.717, 1.165) is 16.7 Å². The Labute approximate surface area is 165 Å². The van der Waals surface area contributed by atoms with Crippen LogP contribution in [0, 0.1) is 11.3 Å². The number of anilines is 1. The number of thioether (sulfide) groups is 1. The Bertz CT molecular complexity index is 965. The lowest BCUT2D eigenvalue weighted by atomic mass is 10.2. The molecule has 0 radical (unpaired) electrons. The highest BCUT2D eigenvalue weighted by Crippen LogP contribution is 2.32. The number of imide groups is 1. The number of amides is 3. The lowest BCUT2D eigenvalue weighted by Crippen LogP contribution is -2.36. The number of carbonyl (C=O) groups is 3. The van der Waals surface area contributed by atoms with Crippen LogP contribution >= 0.6 is 11.8 Å². The van der Waals surface area contributed by atoms with E-state index >= 15 is 0 Å². The van der Waals surface area contributed by atoms with E-state index in [1.807, 2.05) is 12.1 Å². The molecule has 1 N–H and O–H groups in total. The monoisotopic (exact) mass is 393 g/mol. The van der Waals surface area contributed by atoms with Crippen molar-refractivity contribution in [2.75, 3.05) is 18.5 Å². The molecule has 1 aliphatic rings. The summed E-state index contributed by atoms with van der Waals surface area (Å²) in [5, 5.41) is 10.7. The van der Waals surface area contributed by atoms with Gasteiger partial charge in [0.15, 0.2) is 6.61 Å². The molecule has 0 aromatic heterocycles. The van der Waals surface area contributed by atoms with Gasteiger partial charge in [-0.05, 0) is 47.7 Å². The number of para-hydroxylation sites is 1. The minimum Gasteiger partial charge on any atom is -0.479 e. The van der Waals surface area contributed by atoms with Gasteiger partial charge >= 0.3 is 0 Å². The summed E-state index contributed by atoms with van der Waals surface area (Å²) < 4.78 is 5.17. The Morgan fingerprint density at radius 3 is 2.54 bits per heavy atom. The van der Waals surface area contributed by atoms with Crippen molar-refractivity contribution >= 4 is 40.6 Å². The summed E-state index contributed by atoms with van der Waals surface area (Å²) in [6.07, 6.45) is 1.58. The van der Waals surface area contributed by atoms with Crippen molar-refractivity contribution in [2.45, 2.75) is 0 Å². The predicted octanol–water partition coefficient (Wildman–Crippen LogP) is 3.26. The van der Waals surface area contributed by atoms with Crippen LogP contribution in [0.15, 0.2) is 59.5 Å². The van der Waals surface area contributed by atoms with Gasteiger partial charge in [0.25, 0.3) is 11.1 Å². The summed E-state index contributed by atoms with van der Waals surface area (Å²) in [7, 11) is 0. The number of benzene rings is 2. The Morgan fingerprint density at radius 1 is 1.14 bits per heavy atom. The van der Waals surface area contributed by atoms with Crippen molar-refractivity contribution in [3.05, 3.63) is 65.1 Å². The summed E-state index contributed by atoms with van der Waals surface area (Å²) in [4.78, 5) is 37.9. The first-order chi connectivity index (χ1) is 13.6. The zero-order valence-corrected chi connectivity index (χ0v) is 15.4. The van der Waals surface area contributed by atoms with E-state index in [4.69, 9.17) is 10.00 Å². The van der Waals surface area contributed by atoms with Crippen molar-refractivity contribution in [1.82, 2.24) is 4.90 Å². The van der Waals surface area contributed by atoms with Crippen LogP contribution in [-0.4, -0.2) is 35.1 Å². The van der Waals surface area contributed by atoms with Gasteiger partial charge in [-0.25, -0.2) is 0 Å². The molecule has 0 unspecified atom stereocenters. The average molecular weight is 393 g/mol. The van der Waals surface area contributed by atoms with E-state index < -0.39 is 17.1 Å². The molecular weight excluding hydrogens is 378 g/mol. The Kier molecular flexibility index (Phi) is 6.09. The highest BCUT2D eigenvalue weighted by Gasteiger charge is 2.36. The molecule has 3 amide bonds. The number of carbonyl (C=O) groups excluding carboxylic acids is 3. The first-order valence-electron chi connectivity index (χ1n) is 8.27. The van der Waals surface area contributed by atoms with Crippen LogP contribution < -0.4 is 10.1 Å². The van der Waals surface area contributed by atoms with Gasteiger partial charge in [0, 0.05) is 5.69 Å². The SMILES string of the molecule is N#CCOc1ccc(/C=C2\SC(=O)N(CC(=O)Nc3ccccc3)C2=O)cc1. The maximum Gasteiger partial charge on any atom is 0.294 e. The molecule has 0 saturated carbocycles. The standard InChI is InChI=1S/C20H15N3O4S/c21-10-11-27-16-8-6-14(7-9-16)12-17-19(25)23(20(26)28-17)13-18(24)22-15-4-2-1-3-5-15/h1-9,12H,11,13H2,(H,22,24)/b17-12-. The number of hydrogen-bond acceptors (Lipinski definition) is 6. The molecule has 7 nitrogen and oxygen atoms in total. The maximum absolute atomic E-state index is 12.5. The fourth-order valence-corrected chi connectivity index (χ4v) is 3.27. The Hall–Kier alpha value is -3.57. The molecule has 0 atom stereocenters. The third-order valence-corrected chi connectivity index (χ3v) is 4.62. The van der Waals surface area contributed by atoms with Crippen LogP contribution in [0.25, 0.3) is 6.08 Å². The second kappa shape index (κ2) is 8.88. The topological polar surface area (TPSA) is 99.5 Å². The summed E-state index contributed by atoms with van der Waals surface area (Å²) >= 11 is 0.787. The van der Waals surface area contributed by atoms with Crippen molar-refractivity contribution in [1.29, 1.82) is 5.26 Å². The zero-order valence-electron chi connectivity index (χ0n) is 14.6. The fourth-order valence-electron chi connectivity index (χ4n) is 2.43. The fraction of sp³-hybridized carbons (Fsp3) is 0.100. The molecule has 140 valence electrons. The largest absolute Gasteiger partial charge is 0.479 e. The second-order valence-corrected chi connectivity index (χ2v) is 6.69. The van der Waals surface area contributed by atoms with Crippen molar-refractivity contribution in [2.24, 2.45) is 0 Å². The number of nitrogens with one attached hydrogen (secondary N) is 1. The molecule has 0 bridgehead atoms. The molecule has 1 aliphatic heterocycles. The number of nitrogens with zero attached hydrogens (tertiary/aromatic N) is 2. The van der Waals surface area contributed by atoms with Crippen molar-refractivity contribution < 1.29 is 19.1 Å². The smallest absolute Gasteiger partial charge is 0.294 e. The van der Waals surface area contributed by atoms with Gasteiger partial charge in [-0.15, -0.1) is 0 Å². The summed E-state index contributed by atoms with van der Waals surface area (Å²) in [5.41, 5.74) is 1.29. The number of nitriles is 1. The molecule has 1 saturated heterocycles. The molecule has 3 rings (SSSR count). The number of ether oxygens (including phenoxy) is 1. The summed E-state index contributed by atoms with van der Waals surface area (Å²) in [6, 6.07) is 17.4. The lowest BCUT2D eigenvalue weighted by Gasteiger charge is -2.12. The molecular formula is C20H15N3O4S. The minimum absolute atomic E-state index is 0.0523. The van der Waals surface area contributed by atoms with Gasteiger partial charge in [0.1, 0.15) is 18.4 Å². The second-order valence-electron chi connectivity index (χ2n) is 5.70. The first kappa shape index (κ1) is 19.2. The Morgan fingerprint density at radius 2 is 1.86 bits per heavy atom. The third kappa shape index (κ3) is 4.78. The molecule has 1 fully saturated rings. The van der Waals surface area contributed by atoms with Gasteiger partial charge < -0.3 is 10.1 Å². The minimum atomic E-state index is -0.511. The van der Waals surface area contributed by atoms with E-state index in [0.29, 0.717) is 17.0 Å². The quantitative estimate of drug-likeness (QED) is 0.756. The average Bonchev–Trinajstić information content (AvgIpc) is 2.95. The normalized spacial score (nSPS) is 14.8. The molecule has 0 aliphatic carbocycles. The zero-order chi connectivity index (χ0) is 19.9.